The lowest BCUT2D eigenvalue weighted by Crippen LogP contribution is -2.45. The number of carbonyl (C=O) groups excluding carboxylic acids is 2. The number of methoxy groups -OCH3 is 2. The van der Waals surface area contributed by atoms with E-state index in [4.69, 9.17) is 18.9 Å². The van der Waals surface area contributed by atoms with Crippen molar-refractivity contribution < 1.29 is 32.9 Å². The molecule has 0 aliphatic carbocycles. The first-order valence-corrected chi connectivity index (χ1v) is 13.7. The minimum atomic E-state index is -0.711. The van der Waals surface area contributed by atoms with Crippen LogP contribution in [-0.4, -0.2) is 49.4 Å². The molecule has 41 heavy (non-hydrogen) atoms. The SMILES string of the molecule is COC(=O)c1ccc(C2CC(CN(C(=O)OC(C)(C)C)C(C)c3ccc(F)c(OC)c3)Oc3ccccc32)cc1C. The van der Waals surface area contributed by atoms with E-state index < -0.39 is 23.6 Å². The zero-order valence-corrected chi connectivity index (χ0v) is 24.7. The highest BCUT2D eigenvalue weighted by atomic mass is 19.1. The van der Waals surface area contributed by atoms with Gasteiger partial charge in [0.15, 0.2) is 11.6 Å². The number of aryl methyl sites for hydroxylation is 1. The van der Waals surface area contributed by atoms with Gasteiger partial charge in [-0.25, -0.2) is 14.0 Å². The molecule has 0 saturated heterocycles. The second-order valence-corrected chi connectivity index (χ2v) is 11.3. The molecular formula is C33H38FNO6. The van der Waals surface area contributed by atoms with Gasteiger partial charge in [0.25, 0.3) is 0 Å². The van der Waals surface area contributed by atoms with Crippen LogP contribution in [0.1, 0.15) is 78.7 Å². The summed E-state index contributed by atoms with van der Waals surface area (Å²) in [4.78, 5) is 27.3. The summed E-state index contributed by atoms with van der Waals surface area (Å²) in [7, 11) is 2.78. The van der Waals surface area contributed by atoms with Crippen LogP contribution >= 0.6 is 0 Å². The zero-order chi connectivity index (χ0) is 29.9. The van der Waals surface area contributed by atoms with Crippen molar-refractivity contribution in [2.45, 2.75) is 64.7 Å². The molecule has 3 aromatic rings. The number of ether oxygens (including phenoxy) is 4. The molecule has 4 rings (SSSR count). The predicted molar refractivity (Wildman–Crippen MR) is 154 cm³/mol. The molecule has 3 atom stereocenters. The fourth-order valence-electron chi connectivity index (χ4n) is 5.21. The molecule has 0 saturated carbocycles. The molecule has 0 fully saturated rings. The molecule has 0 aromatic heterocycles. The van der Waals surface area contributed by atoms with E-state index in [1.807, 2.05) is 71.0 Å². The maximum Gasteiger partial charge on any atom is 0.410 e. The number of nitrogens with zero attached hydrogens (tertiary/aromatic N) is 1. The zero-order valence-electron chi connectivity index (χ0n) is 24.7. The van der Waals surface area contributed by atoms with E-state index in [-0.39, 0.29) is 30.3 Å². The summed E-state index contributed by atoms with van der Waals surface area (Å²) in [5, 5.41) is 0. The van der Waals surface area contributed by atoms with Crippen LogP contribution in [0.2, 0.25) is 0 Å². The van der Waals surface area contributed by atoms with Gasteiger partial charge in [0.1, 0.15) is 17.5 Å². The van der Waals surface area contributed by atoms with Crippen molar-refractivity contribution in [1.29, 1.82) is 0 Å². The number of benzene rings is 3. The Morgan fingerprint density at radius 1 is 1.07 bits per heavy atom. The summed E-state index contributed by atoms with van der Waals surface area (Å²) < 4.78 is 36.5. The smallest absolute Gasteiger partial charge is 0.410 e. The van der Waals surface area contributed by atoms with Crippen molar-refractivity contribution in [2.24, 2.45) is 0 Å². The quantitative estimate of drug-likeness (QED) is 0.283. The molecule has 7 nitrogen and oxygen atoms in total. The average molecular weight is 564 g/mol. The van der Waals surface area contributed by atoms with Gasteiger partial charge in [0.05, 0.1) is 32.4 Å². The van der Waals surface area contributed by atoms with Crippen molar-refractivity contribution >= 4 is 12.1 Å². The van der Waals surface area contributed by atoms with Crippen molar-refractivity contribution in [3.05, 3.63) is 94.3 Å². The Balaban J connectivity index is 1.68. The molecule has 1 heterocycles. The van der Waals surface area contributed by atoms with E-state index in [1.54, 1.807) is 23.1 Å². The average Bonchev–Trinajstić information content (AvgIpc) is 2.94. The summed E-state index contributed by atoms with van der Waals surface area (Å²) in [5.74, 6) is -0.0394. The first-order valence-electron chi connectivity index (χ1n) is 13.7. The highest BCUT2D eigenvalue weighted by Gasteiger charge is 2.35. The molecule has 0 spiro atoms. The van der Waals surface area contributed by atoms with Gasteiger partial charge in [0.2, 0.25) is 0 Å². The van der Waals surface area contributed by atoms with E-state index in [2.05, 4.69) is 0 Å². The van der Waals surface area contributed by atoms with Gasteiger partial charge in [0, 0.05) is 11.5 Å². The van der Waals surface area contributed by atoms with Crippen LogP contribution in [0.3, 0.4) is 0 Å². The highest BCUT2D eigenvalue weighted by molar-refractivity contribution is 5.91. The lowest BCUT2D eigenvalue weighted by Gasteiger charge is -2.38. The number of halogens is 1. The standard InChI is InChI=1S/C33H38FNO6/c1-20-16-23(12-14-25(20)31(36)39-7)27-18-24(40-29-11-9-8-10-26(27)29)19-35(32(37)41-33(3,4)5)21(2)22-13-15-28(34)30(17-22)38-6/h8-17,21,24,27H,18-19H2,1-7H3. The molecule has 1 aliphatic rings. The van der Waals surface area contributed by atoms with Crippen LogP contribution in [0.25, 0.3) is 0 Å². The molecule has 0 radical (unpaired) electrons. The topological polar surface area (TPSA) is 74.3 Å². The van der Waals surface area contributed by atoms with Crippen molar-refractivity contribution in [1.82, 2.24) is 4.90 Å². The molecule has 218 valence electrons. The van der Waals surface area contributed by atoms with Crippen molar-refractivity contribution in [3.8, 4) is 11.5 Å². The summed E-state index contributed by atoms with van der Waals surface area (Å²) in [6.07, 6.45) is -0.273. The largest absolute Gasteiger partial charge is 0.494 e. The number of amides is 1. The van der Waals surface area contributed by atoms with E-state index >= 15 is 0 Å². The second-order valence-electron chi connectivity index (χ2n) is 11.3. The summed E-state index contributed by atoms with van der Waals surface area (Å²) in [6.45, 7) is 9.45. The van der Waals surface area contributed by atoms with E-state index in [9.17, 15) is 14.0 Å². The molecule has 1 amide bonds. The Hall–Kier alpha value is -4.07. The number of hydrogen-bond donors (Lipinski definition) is 0. The third-order valence-electron chi connectivity index (χ3n) is 7.30. The Morgan fingerprint density at radius 3 is 2.46 bits per heavy atom. The third-order valence-corrected chi connectivity index (χ3v) is 7.30. The van der Waals surface area contributed by atoms with Gasteiger partial charge in [-0.3, -0.25) is 4.90 Å². The summed E-state index contributed by atoms with van der Waals surface area (Å²) >= 11 is 0. The maximum absolute atomic E-state index is 14.2. The Morgan fingerprint density at radius 2 is 1.80 bits per heavy atom. The lowest BCUT2D eigenvalue weighted by molar-refractivity contribution is 0.00553. The molecule has 1 aliphatic heterocycles. The molecule has 0 N–H and O–H groups in total. The van der Waals surface area contributed by atoms with Crippen LogP contribution < -0.4 is 9.47 Å². The third kappa shape index (κ3) is 6.81. The Kier molecular flexibility index (Phi) is 8.90. The van der Waals surface area contributed by atoms with Gasteiger partial charge < -0.3 is 18.9 Å². The van der Waals surface area contributed by atoms with Crippen LogP contribution in [-0.2, 0) is 9.47 Å². The van der Waals surface area contributed by atoms with Crippen molar-refractivity contribution in [3.63, 3.8) is 0 Å². The van der Waals surface area contributed by atoms with E-state index in [0.29, 0.717) is 17.5 Å². The number of para-hydroxylation sites is 1. The highest BCUT2D eigenvalue weighted by Crippen LogP contribution is 2.41. The van der Waals surface area contributed by atoms with Gasteiger partial charge in [-0.2, -0.15) is 0 Å². The maximum atomic E-state index is 14.2. The van der Waals surface area contributed by atoms with Gasteiger partial charge in [-0.1, -0.05) is 36.4 Å². The van der Waals surface area contributed by atoms with E-state index in [0.717, 1.165) is 22.4 Å². The molecule has 3 unspecified atom stereocenters. The lowest BCUT2D eigenvalue weighted by atomic mass is 9.83. The minimum absolute atomic E-state index is 0.0305. The first-order chi connectivity index (χ1) is 19.4. The summed E-state index contributed by atoms with van der Waals surface area (Å²) in [6, 6.07) is 17.7. The monoisotopic (exact) mass is 563 g/mol. The number of hydrogen-bond acceptors (Lipinski definition) is 6. The number of rotatable bonds is 7. The minimum Gasteiger partial charge on any atom is -0.494 e. The fourth-order valence-corrected chi connectivity index (χ4v) is 5.21. The molecule has 0 bridgehead atoms. The first kappa shape index (κ1) is 29.9. The van der Waals surface area contributed by atoms with Gasteiger partial charge in [-0.15, -0.1) is 0 Å². The number of carbonyl (C=O) groups is 2. The summed E-state index contributed by atoms with van der Waals surface area (Å²) in [5.41, 5.74) is 3.41. The number of fused-ring (bicyclic) bond motifs is 1. The van der Waals surface area contributed by atoms with E-state index in [1.165, 1.54) is 20.3 Å². The van der Waals surface area contributed by atoms with Crippen LogP contribution in [0, 0.1) is 12.7 Å². The van der Waals surface area contributed by atoms with Crippen molar-refractivity contribution in [2.75, 3.05) is 20.8 Å². The molecule has 3 aromatic carbocycles. The Labute approximate surface area is 241 Å². The van der Waals surface area contributed by atoms with Gasteiger partial charge in [-0.05, 0) is 82.0 Å². The second kappa shape index (κ2) is 12.2. The fraction of sp³-hybridized carbons (Fsp3) is 0.394. The van der Waals surface area contributed by atoms with Crippen LogP contribution in [0.15, 0.2) is 60.7 Å². The normalized spacial score (nSPS) is 17.1. The predicted octanol–water partition coefficient (Wildman–Crippen LogP) is 7.21. The Bertz CT molecular complexity index is 1420. The molecule has 8 heteroatoms. The number of esters is 1. The van der Waals surface area contributed by atoms with Crippen LogP contribution in [0.5, 0.6) is 11.5 Å². The van der Waals surface area contributed by atoms with Gasteiger partial charge >= 0.3 is 12.1 Å². The molecular weight excluding hydrogens is 525 g/mol. The van der Waals surface area contributed by atoms with Crippen LogP contribution in [0.4, 0.5) is 9.18 Å².